The fraction of sp³-hybridized carbons (Fsp3) is 0.250. The van der Waals surface area contributed by atoms with Gasteiger partial charge >= 0.3 is 5.97 Å². The van der Waals surface area contributed by atoms with Crippen molar-refractivity contribution in [3.8, 4) is 6.19 Å². The lowest BCUT2D eigenvalue weighted by atomic mass is 10.7. The first-order valence-electron chi connectivity index (χ1n) is 1.81. The van der Waals surface area contributed by atoms with Gasteiger partial charge in [-0.2, -0.15) is 10.3 Å². The number of ether oxygens (including phenoxy) is 1. The van der Waals surface area contributed by atoms with Crippen LogP contribution < -0.4 is 0 Å². The topological polar surface area (TPSA) is 62.4 Å². The van der Waals surface area contributed by atoms with E-state index in [1.54, 1.807) is 0 Å². The highest BCUT2D eigenvalue weighted by molar-refractivity contribution is 6.23. The minimum atomic E-state index is -0.619. The van der Waals surface area contributed by atoms with Crippen molar-refractivity contribution < 1.29 is 9.53 Å². The van der Waals surface area contributed by atoms with Gasteiger partial charge in [-0.05, 0) is 0 Å². The second kappa shape index (κ2) is 3.81. The highest BCUT2D eigenvalue weighted by Gasteiger charge is 1.87. The largest absolute Gasteiger partial charge is 0.465 e. The number of methoxy groups -OCH3 is 1. The number of carbonyl (C=O) groups excluding carboxylic acids is 1. The zero-order valence-electron chi connectivity index (χ0n) is 4.29. The summed E-state index contributed by atoms with van der Waals surface area (Å²) in [6.07, 6.45) is 2.21. The normalized spacial score (nSPS) is 8.50. The molecule has 0 aliphatic rings. The van der Waals surface area contributed by atoms with Gasteiger partial charge in [-0.1, -0.05) is 0 Å². The lowest BCUT2D eigenvalue weighted by Crippen LogP contribution is -1.99. The van der Waals surface area contributed by atoms with E-state index in [1.165, 1.54) is 13.3 Å². The third-order valence-electron chi connectivity index (χ3n) is 0.429. The summed E-state index contributed by atoms with van der Waals surface area (Å²) in [5.41, 5.74) is 0. The van der Waals surface area contributed by atoms with E-state index in [-0.39, 0.29) is 0 Å². The maximum absolute atomic E-state index is 10.0. The second-order valence-electron chi connectivity index (χ2n) is 0.881. The van der Waals surface area contributed by atoms with Crippen molar-refractivity contribution in [2.24, 2.45) is 4.99 Å². The molecule has 4 nitrogen and oxygen atoms in total. The Bertz CT molecular complexity index is 145. The van der Waals surface area contributed by atoms with Gasteiger partial charge in [0.1, 0.15) is 6.21 Å². The molecule has 0 aromatic heterocycles. The van der Waals surface area contributed by atoms with Crippen molar-refractivity contribution in [3.05, 3.63) is 0 Å². The van der Waals surface area contributed by atoms with Crippen LogP contribution in [0.3, 0.4) is 0 Å². The molecule has 8 heavy (non-hydrogen) atoms. The first kappa shape index (κ1) is 6.63. The highest BCUT2D eigenvalue weighted by atomic mass is 16.5. The van der Waals surface area contributed by atoms with E-state index in [0.29, 0.717) is 0 Å². The van der Waals surface area contributed by atoms with Gasteiger partial charge in [-0.15, -0.1) is 0 Å². The average molecular weight is 112 g/mol. The number of nitrogens with zero attached hydrogens (tertiary/aromatic N) is 2. The Balaban J connectivity index is 3.57. The van der Waals surface area contributed by atoms with Crippen LogP contribution in [0, 0.1) is 11.5 Å². The standard InChI is InChI=1S/C4H4N2O2/c1-8-4(7)2-6-3-5/h2H,1H3. The summed E-state index contributed by atoms with van der Waals surface area (Å²) in [6, 6.07) is 0. The molecule has 0 N–H and O–H groups in total. The summed E-state index contributed by atoms with van der Waals surface area (Å²) < 4.78 is 4.11. The number of carbonyl (C=O) groups is 1. The van der Waals surface area contributed by atoms with E-state index in [9.17, 15) is 4.79 Å². The Morgan fingerprint density at radius 1 is 2.00 bits per heavy atom. The monoisotopic (exact) mass is 112 g/mol. The van der Waals surface area contributed by atoms with Gasteiger partial charge in [0, 0.05) is 0 Å². The van der Waals surface area contributed by atoms with Gasteiger partial charge in [0.25, 0.3) is 0 Å². The first-order valence-corrected chi connectivity index (χ1v) is 1.81. The zero-order valence-corrected chi connectivity index (χ0v) is 4.29. The summed E-state index contributed by atoms with van der Waals surface area (Å²) in [6.45, 7) is 0. The van der Waals surface area contributed by atoms with Crippen LogP contribution in [-0.4, -0.2) is 19.3 Å². The average Bonchev–Trinajstić information content (AvgIpc) is 1.83. The van der Waals surface area contributed by atoms with E-state index < -0.39 is 5.97 Å². The van der Waals surface area contributed by atoms with Gasteiger partial charge in [-0.25, -0.2) is 4.79 Å². The molecule has 0 fully saturated rings. The molecule has 42 valence electrons. The van der Waals surface area contributed by atoms with Crippen LogP contribution in [-0.2, 0) is 9.53 Å². The molecule has 0 unspecified atom stereocenters. The van der Waals surface area contributed by atoms with Crippen molar-refractivity contribution in [1.82, 2.24) is 0 Å². The van der Waals surface area contributed by atoms with Crippen LogP contribution in [0.2, 0.25) is 0 Å². The van der Waals surface area contributed by atoms with Gasteiger partial charge < -0.3 is 4.74 Å². The summed E-state index contributed by atoms with van der Waals surface area (Å²) in [5, 5.41) is 7.75. The van der Waals surface area contributed by atoms with Crippen LogP contribution in [0.15, 0.2) is 4.99 Å². The van der Waals surface area contributed by atoms with Gasteiger partial charge in [0.2, 0.25) is 6.19 Å². The molecule has 0 aliphatic heterocycles. The minimum Gasteiger partial charge on any atom is -0.465 e. The number of aliphatic imine (C=N–C) groups is 1. The van der Waals surface area contributed by atoms with Gasteiger partial charge in [0.05, 0.1) is 7.11 Å². The van der Waals surface area contributed by atoms with Crippen LogP contribution in [0.5, 0.6) is 0 Å². The fourth-order valence-electron chi connectivity index (χ4n) is 0.134. The molecule has 0 spiro atoms. The Hall–Kier alpha value is -1.37. The molecule has 0 aromatic carbocycles. The molecular weight excluding hydrogens is 108 g/mol. The van der Waals surface area contributed by atoms with E-state index in [0.717, 1.165) is 6.21 Å². The SMILES string of the molecule is COC(=O)C=NC#N. The molecule has 0 saturated carbocycles. The first-order chi connectivity index (χ1) is 3.81. The lowest BCUT2D eigenvalue weighted by molar-refractivity contribution is -0.132. The maximum Gasteiger partial charge on any atom is 0.350 e. The summed E-state index contributed by atoms with van der Waals surface area (Å²) in [4.78, 5) is 13.0. The van der Waals surface area contributed by atoms with Crippen molar-refractivity contribution >= 4 is 12.2 Å². The van der Waals surface area contributed by atoms with Crippen LogP contribution >= 0.6 is 0 Å². The Labute approximate surface area is 46.4 Å². The maximum atomic E-state index is 10.0. The number of hydrogen-bond donors (Lipinski definition) is 0. The van der Waals surface area contributed by atoms with E-state index in [2.05, 4.69) is 9.73 Å². The Kier molecular flexibility index (Phi) is 3.16. The smallest absolute Gasteiger partial charge is 0.350 e. The predicted molar refractivity (Wildman–Crippen MR) is 26.1 cm³/mol. The third kappa shape index (κ3) is 2.85. The summed E-state index contributed by atoms with van der Waals surface area (Å²) >= 11 is 0. The fourth-order valence-corrected chi connectivity index (χ4v) is 0.134. The van der Waals surface area contributed by atoms with E-state index >= 15 is 0 Å². The van der Waals surface area contributed by atoms with Crippen molar-refractivity contribution in [2.45, 2.75) is 0 Å². The van der Waals surface area contributed by atoms with Crippen LogP contribution in [0.4, 0.5) is 0 Å². The quantitative estimate of drug-likeness (QED) is 0.266. The predicted octanol–water partition coefficient (Wildman–Crippen LogP) is -0.289. The summed E-state index contributed by atoms with van der Waals surface area (Å²) in [7, 11) is 1.21. The Morgan fingerprint density at radius 2 is 2.62 bits per heavy atom. The highest BCUT2D eigenvalue weighted by Crippen LogP contribution is 1.65. The van der Waals surface area contributed by atoms with Crippen molar-refractivity contribution in [2.75, 3.05) is 7.11 Å². The molecule has 0 radical (unpaired) electrons. The molecule has 0 rings (SSSR count). The lowest BCUT2D eigenvalue weighted by Gasteiger charge is -1.83. The zero-order chi connectivity index (χ0) is 6.41. The van der Waals surface area contributed by atoms with Crippen LogP contribution in [0.1, 0.15) is 0 Å². The number of hydrogen-bond acceptors (Lipinski definition) is 4. The molecule has 0 aliphatic carbocycles. The van der Waals surface area contributed by atoms with Gasteiger partial charge in [-0.3, -0.25) is 0 Å². The molecule has 0 heterocycles. The van der Waals surface area contributed by atoms with Crippen molar-refractivity contribution in [1.29, 1.82) is 5.26 Å². The second-order valence-corrected chi connectivity index (χ2v) is 0.881. The molecule has 0 aromatic rings. The summed E-state index contributed by atoms with van der Waals surface area (Å²) in [5.74, 6) is -0.619. The van der Waals surface area contributed by atoms with E-state index in [1.807, 2.05) is 0 Å². The molecule has 4 heteroatoms. The van der Waals surface area contributed by atoms with E-state index in [4.69, 9.17) is 5.26 Å². The number of rotatable bonds is 1. The minimum absolute atomic E-state index is 0.619. The third-order valence-corrected chi connectivity index (χ3v) is 0.429. The molecular formula is C4H4N2O2. The van der Waals surface area contributed by atoms with Crippen molar-refractivity contribution in [3.63, 3.8) is 0 Å². The molecule has 0 atom stereocenters. The van der Waals surface area contributed by atoms with Gasteiger partial charge in [0.15, 0.2) is 0 Å². The molecule has 0 bridgehead atoms. The van der Waals surface area contributed by atoms with Crippen LogP contribution in [0.25, 0.3) is 0 Å². The molecule has 0 saturated heterocycles. The molecule has 0 amide bonds. The Morgan fingerprint density at radius 3 is 3.00 bits per heavy atom. The number of esters is 1. The number of nitriles is 1.